The van der Waals surface area contributed by atoms with Gasteiger partial charge in [-0.05, 0) is 0 Å². The summed E-state index contributed by atoms with van der Waals surface area (Å²) in [7, 11) is 1.12. The number of pyridine rings is 1. The molecule has 0 radical (unpaired) electrons. The first-order valence-electron chi connectivity index (χ1n) is 3.99. The van der Waals surface area contributed by atoms with E-state index in [-0.39, 0.29) is 0 Å². The molecular weight excluding hydrogens is 306 g/mol. The van der Waals surface area contributed by atoms with Crippen LogP contribution in [0.5, 0.6) is 11.6 Å². The van der Waals surface area contributed by atoms with E-state index in [4.69, 9.17) is 10.7 Å². The summed E-state index contributed by atoms with van der Waals surface area (Å²) >= 11 is 0. The molecule has 1 heterocycles. The Morgan fingerprint density at radius 1 is 1.39 bits per heavy atom. The molecule has 0 fully saturated rings. The highest BCUT2D eigenvalue weighted by Gasteiger charge is 2.36. The van der Waals surface area contributed by atoms with Gasteiger partial charge < -0.3 is 9.47 Å². The van der Waals surface area contributed by atoms with Crippen molar-refractivity contribution in [2.75, 3.05) is 7.11 Å². The third-order valence-corrected chi connectivity index (χ3v) is 2.89. The summed E-state index contributed by atoms with van der Waals surface area (Å²) in [5.74, 6) is -4.21. The van der Waals surface area contributed by atoms with E-state index in [0.717, 1.165) is 7.11 Å². The van der Waals surface area contributed by atoms with E-state index in [2.05, 4.69) is 14.5 Å². The minimum Gasteiger partial charge on any atom is -0.478 e. The van der Waals surface area contributed by atoms with Crippen molar-refractivity contribution in [1.82, 2.24) is 4.98 Å². The van der Waals surface area contributed by atoms with Gasteiger partial charge in [0.05, 0.1) is 13.3 Å². The smallest absolute Gasteiger partial charge is 0.478 e. The van der Waals surface area contributed by atoms with Gasteiger partial charge in [-0.2, -0.15) is 0 Å². The predicted molar refractivity (Wildman–Crippen MR) is 50.5 cm³/mol. The molecule has 0 aliphatic carbocycles. The van der Waals surface area contributed by atoms with Crippen molar-refractivity contribution in [3.8, 4) is 11.6 Å². The molecule has 0 unspecified atom stereocenters. The zero-order chi connectivity index (χ0) is 14.1. The Morgan fingerprint density at radius 3 is 2.33 bits per heavy atom. The minimum atomic E-state index is -5.25. The van der Waals surface area contributed by atoms with Gasteiger partial charge in [0.15, 0.2) is 5.82 Å². The van der Waals surface area contributed by atoms with Crippen LogP contribution in [0.4, 0.5) is 17.6 Å². The molecule has 1 rings (SSSR count). The zero-order valence-electron chi connectivity index (χ0n) is 8.46. The van der Waals surface area contributed by atoms with E-state index >= 15 is 0 Å². The molecule has 18 heavy (non-hydrogen) atoms. The summed E-state index contributed by atoms with van der Waals surface area (Å²) in [6, 6.07) is 0. The van der Waals surface area contributed by atoms with E-state index < -0.39 is 37.8 Å². The van der Waals surface area contributed by atoms with Crippen LogP contribution in [0.15, 0.2) is 11.1 Å². The van der Waals surface area contributed by atoms with Crippen LogP contribution in [0.25, 0.3) is 0 Å². The third-order valence-electron chi connectivity index (χ3n) is 1.58. The lowest BCUT2D eigenvalue weighted by Crippen LogP contribution is -2.19. The summed E-state index contributed by atoms with van der Waals surface area (Å²) in [6.07, 6.45) is -4.83. The molecule has 0 aliphatic rings. The maximum Gasteiger partial charge on any atom is 0.573 e. The van der Waals surface area contributed by atoms with Crippen molar-refractivity contribution in [3.05, 3.63) is 12.0 Å². The van der Waals surface area contributed by atoms with Gasteiger partial charge in [0, 0.05) is 10.7 Å². The molecule has 0 amide bonds. The largest absolute Gasteiger partial charge is 0.573 e. The van der Waals surface area contributed by atoms with Crippen molar-refractivity contribution in [1.29, 1.82) is 0 Å². The van der Waals surface area contributed by atoms with E-state index in [0.29, 0.717) is 6.20 Å². The quantitative estimate of drug-likeness (QED) is 0.631. The number of hydrogen-bond donors (Lipinski definition) is 0. The number of aromatic nitrogens is 1. The zero-order valence-corrected chi connectivity index (χ0v) is 10.0. The highest BCUT2D eigenvalue weighted by Crippen LogP contribution is 2.36. The summed E-state index contributed by atoms with van der Waals surface area (Å²) in [6.45, 7) is 0. The van der Waals surface area contributed by atoms with Gasteiger partial charge in [-0.15, -0.1) is 13.2 Å². The molecular formula is C7H4ClF4NO4S. The molecule has 0 bridgehead atoms. The van der Waals surface area contributed by atoms with Crippen LogP contribution in [0.1, 0.15) is 0 Å². The fourth-order valence-electron chi connectivity index (χ4n) is 0.958. The van der Waals surface area contributed by atoms with Crippen molar-refractivity contribution in [3.63, 3.8) is 0 Å². The Morgan fingerprint density at radius 2 is 1.94 bits per heavy atom. The lowest BCUT2D eigenvalue weighted by atomic mass is 10.4. The van der Waals surface area contributed by atoms with Crippen LogP contribution < -0.4 is 9.47 Å². The number of methoxy groups -OCH3 is 1. The predicted octanol–water partition coefficient (Wildman–Crippen LogP) is 2.06. The van der Waals surface area contributed by atoms with Crippen LogP contribution in [0, 0.1) is 5.82 Å². The Bertz CT molecular complexity index is 559. The summed E-state index contributed by atoms with van der Waals surface area (Å²) < 4.78 is 79.0. The number of nitrogens with zero attached hydrogens (tertiary/aromatic N) is 1. The number of ether oxygens (including phenoxy) is 2. The first-order chi connectivity index (χ1) is 8.06. The minimum absolute atomic E-state index is 0.416. The average Bonchev–Trinajstić information content (AvgIpc) is 2.17. The van der Waals surface area contributed by atoms with Crippen LogP contribution >= 0.6 is 10.7 Å². The van der Waals surface area contributed by atoms with E-state index in [1.165, 1.54) is 0 Å². The topological polar surface area (TPSA) is 65.5 Å². The molecule has 0 saturated carbocycles. The van der Waals surface area contributed by atoms with Gasteiger partial charge in [0.2, 0.25) is 5.75 Å². The van der Waals surface area contributed by atoms with Gasteiger partial charge in [-0.1, -0.05) is 0 Å². The van der Waals surface area contributed by atoms with Crippen molar-refractivity contribution < 1.29 is 35.5 Å². The Hall–Kier alpha value is -1.29. The van der Waals surface area contributed by atoms with Crippen LogP contribution in [0.3, 0.4) is 0 Å². The van der Waals surface area contributed by atoms with Crippen molar-refractivity contribution in [2.24, 2.45) is 0 Å². The molecule has 1 aromatic rings. The second-order valence-corrected chi connectivity index (χ2v) is 5.29. The van der Waals surface area contributed by atoms with Crippen LogP contribution in [-0.4, -0.2) is 26.9 Å². The molecule has 1 aromatic heterocycles. The van der Waals surface area contributed by atoms with Gasteiger partial charge >= 0.3 is 6.36 Å². The Labute approximate surface area is 103 Å². The van der Waals surface area contributed by atoms with Crippen molar-refractivity contribution in [2.45, 2.75) is 11.3 Å². The highest BCUT2D eigenvalue weighted by molar-refractivity contribution is 8.13. The van der Waals surface area contributed by atoms with Gasteiger partial charge in [0.1, 0.15) is 4.90 Å². The number of rotatable bonds is 3. The standard InChI is InChI=1S/C7H4ClF4NO4S/c1-16-6-5(17-7(10,11)12)4(9)3(2-13-6)18(8,14)15/h2H,1H3. The third kappa shape index (κ3) is 3.35. The molecule has 5 nitrogen and oxygen atoms in total. The first kappa shape index (κ1) is 14.8. The first-order valence-corrected chi connectivity index (χ1v) is 6.30. The van der Waals surface area contributed by atoms with E-state index in [1.807, 2.05) is 0 Å². The summed E-state index contributed by atoms with van der Waals surface area (Å²) in [5.41, 5.74) is 0. The molecule has 0 aliphatic heterocycles. The second kappa shape index (κ2) is 4.76. The van der Waals surface area contributed by atoms with Crippen LogP contribution in [-0.2, 0) is 9.05 Å². The fourth-order valence-corrected chi connectivity index (χ4v) is 1.77. The number of hydrogen-bond acceptors (Lipinski definition) is 5. The molecule has 0 spiro atoms. The van der Waals surface area contributed by atoms with Crippen LogP contribution in [0.2, 0.25) is 0 Å². The SMILES string of the molecule is COc1ncc(S(=O)(=O)Cl)c(F)c1OC(F)(F)F. The molecule has 0 aromatic carbocycles. The molecule has 11 heteroatoms. The maximum absolute atomic E-state index is 13.5. The molecule has 0 saturated heterocycles. The summed E-state index contributed by atoms with van der Waals surface area (Å²) in [4.78, 5) is 1.91. The number of alkyl halides is 3. The lowest BCUT2D eigenvalue weighted by Gasteiger charge is -2.13. The average molecular weight is 310 g/mol. The number of halogens is 5. The molecule has 0 N–H and O–H groups in total. The van der Waals surface area contributed by atoms with E-state index in [1.54, 1.807) is 0 Å². The maximum atomic E-state index is 13.5. The second-order valence-electron chi connectivity index (χ2n) is 2.76. The Kier molecular flexibility index (Phi) is 3.91. The van der Waals surface area contributed by atoms with Gasteiger partial charge in [0.25, 0.3) is 14.9 Å². The summed E-state index contributed by atoms with van der Waals surface area (Å²) in [5, 5.41) is 0. The normalized spacial score (nSPS) is 12.3. The lowest BCUT2D eigenvalue weighted by molar-refractivity contribution is -0.276. The van der Waals surface area contributed by atoms with Crippen molar-refractivity contribution >= 4 is 19.7 Å². The Balaban J connectivity index is 3.46. The highest BCUT2D eigenvalue weighted by atomic mass is 35.7. The van der Waals surface area contributed by atoms with Gasteiger partial charge in [-0.3, -0.25) is 0 Å². The fraction of sp³-hybridized carbons (Fsp3) is 0.286. The van der Waals surface area contributed by atoms with Gasteiger partial charge in [-0.25, -0.2) is 17.8 Å². The monoisotopic (exact) mass is 309 g/mol. The van der Waals surface area contributed by atoms with E-state index in [9.17, 15) is 26.0 Å². The molecule has 102 valence electrons. The molecule has 0 atom stereocenters.